The summed E-state index contributed by atoms with van der Waals surface area (Å²) in [6.45, 7) is 4.09. The van der Waals surface area contributed by atoms with Crippen LogP contribution in [-0.2, 0) is 4.79 Å². The predicted octanol–water partition coefficient (Wildman–Crippen LogP) is 2.19. The van der Waals surface area contributed by atoms with Crippen molar-refractivity contribution in [2.24, 2.45) is 5.73 Å². The van der Waals surface area contributed by atoms with E-state index in [1.54, 1.807) is 6.08 Å². The van der Waals surface area contributed by atoms with Crippen molar-refractivity contribution in [3.63, 3.8) is 0 Å². The molecule has 2 N–H and O–H groups in total. The van der Waals surface area contributed by atoms with Gasteiger partial charge in [0.1, 0.15) is 0 Å². The average molecular weight is 189 g/mol. The molecule has 1 aromatic carbocycles. The summed E-state index contributed by atoms with van der Waals surface area (Å²) in [5.74, 6) is -0.299. The number of carbonyl (C=O) groups is 1. The lowest BCUT2D eigenvalue weighted by Gasteiger charge is -2.01. The Kier molecular flexibility index (Phi) is 3.46. The van der Waals surface area contributed by atoms with Crippen LogP contribution in [0.1, 0.15) is 23.1 Å². The van der Waals surface area contributed by atoms with Crippen molar-refractivity contribution in [2.75, 3.05) is 0 Å². The van der Waals surface area contributed by atoms with Gasteiger partial charge in [-0.15, -0.1) is 0 Å². The van der Waals surface area contributed by atoms with Gasteiger partial charge in [0.15, 0.2) is 0 Å². The minimum absolute atomic E-state index is 0.299. The molecule has 0 bridgehead atoms. The Morgan fingerprint density at radius 3 is 2.79 bits per heavy atom. The van der Waals surface area contributed by atoms with Crippen LogP contribution >= 0.6 is 0 Å². The van der Waals surface area contributed by atoms with Gasteiger partial charge in [-0.1, -0.05) is 35.9 Å². The number of nitrogens with two attached hydrogens (primary N) is 1. The second-order valence-corrected chi connectivity index (χ2v) is 3.43. The minimum atomic E-state index is -0.299. The van der Waals surface area contributed by atoms with Crippen LogP contribution in [0.25, 0.3) is 6.08 Å². The molecule has 14 heavy (non-hydrogen) atoms. The van der Waals surface area contributed by atoms with Crippen LogP contribution in [0.4, 0.5) is 0 Å². The topological polar surface area (TPSA) is 43.1 Å². The van der Waals surface area contributed by atoms with Crippen molar-refractivity contribution >= 4 is 12.0 Å². The molecular formula is C12H15NO. The third kappa shape index (κ3) is 3.05. The molecular weight excluding hydrogens is 174 g/mol. The summed E-state index contributed by atoms with van der Waals surface area (Å²) < 4.78 is 0. The Balaban J connectivity index is 2.80. The summed E-state index contributed by atoms with van der Waals surface area (Å²) >= 11 is 0. The van der Waals surface area contributed by atoms with E-state index in [1.807, 2.05) is 19.9 Å². The first-order valence-electron chi connectivity index (χ1n) is 4.61. The van der Waals surface area contributed by atoms with E-state index in [2.05, 4.69) is 18.2 Å². The van der Waals surface area contributed by atoms with E-state index in [4.69, 9.17) is 5.73 Å². The largest absolute Gasteiger partial charge is 0.369 e. The fourth-order valence-electron chi connectivity index (χ4n) is 1.24. The van der Waals surface area contributed by atoms with Gasteiger partial charge >= 0.3 is 0 Å². The molecule has 0 aliphatic heterocycles. The third-order valence-electron chi connectivity index (χ3n) is 2.05. The van der Waals surface area contributed by atoms with Crippen molar-refractivity contribution in [3.8, 4) is 0 Å². The van der Waals surface area contributed by atoms with Crippen molar-refractivity contribution in [2.45, 2.75) is 20.3 Å². The smallest absolute Gasteiger partial charge is 0.221 e. The van der Waals surface area contributed by atoms with Gasteiger partial charge in [-0.3, -0.25) is 4.79 Å². The highest BCUT2D eigenvalue weighted by atomic mass is 16.1. The highest BCUT2D eigenvalue weighted by molar-refractivity contribution is 5.76. The van der Waals surface area contributed by atoms with E-state index in [0.717, 1.165) is 5.56 Å². The molecule has 0 saturated carbocycles. The van der Waals surface area contributed by atoms with Gasteiger partial charge in [-0.05, 0) is 25.0 Å². The second-order valence-electron chi connectivity index (χ2n) is 3.43. The monoisotopic (exact) mass is 189 g/mol. The molecule has 1 amide bonds. The van der Waals surface area contributed by atoms with Gasteiger partial charge in [-0.2, -0.15) is 0 Å². The Hall–Kier alpha value is -1.57. The summed E-state index contributed by atoms with van der Waals surface area (Å²) in [5.41, 5.74) is 8.60. The van der Waals surface area contributed by atoms with Crippen LogP contribution < -0.4 is 5.73 Å². The number of aryl methyl sites for hydroxylation is 2. The molecule has 0 saturated heterocycles. The molecule has 1 rings (SSSR count). The predicted molar refractivity (Wildman–Crippen MR) is 58.8 cm³/mol. The molecule has 0 spiro atoms. The molecule has 0 aliphatic rings. The summed E-state index contributed by atoms with van der Waals surface area (Å²) in [6, 6.07) is 6.23. The van der Waals surface area contributed by atoms with Crippen LogP contribution in [0, 0.1) is 13.8 Å². The lowest BCUT2D eigenvalue weighted by molar-refractivity contribution is -0.117. The second kappa shape index (κ2) is 4.61. The third-order valence-corrected chi connectivity index (χ3v) is 2.05. The number of rotatable bonds is 3. The quantitative estimate of drug-likeness (QED) is 0.778. The standard InChI is InChI=1S/C12H15NO/c1-9-6-7-10(2)11(8-9)4-3-5-12(13)14/h3-4,6-8H,5H2,1-2H3,(H2,13,14)/b4-3+. The van der Waals surface area contributed by atoms with E-state index in [1.165, 1.54) is 11.1 Å². The van der Waals surface area contributed by atoms with E-state index < -0.39 is 0 Å². The molecule has 74 valence electrons. The molecule has 0 heterocycles. The zero-order chi connectivity index (χ0) is 10.6. The number of carbonyl (C=O) groups excluding carboxylic acids is 1. The van der Waals surface area contributed by atoms with E-state index >= 15 is 0 Å². The van der Waals surface area contributed by atoms with E-state index in [-0.39, 0.29) is 5.91 Å². The number of primary amides is 1. The molecule has 0 radical (unpaired) electrons. The minimum Gasteiger partial charge on any atom is -0.369 e. The molecule has 1 aromatic rings. The van der Waals surface area contributed by atoms with Crippen LogP contribution in [0.5, 0.6) is 0 Å². The molecule has 0 fully saturated rings. The highest BCUT2D eigenvalue weighted by Gasteiger charge is 1.94. The molecule has 0 aliphatic carbocycles. The lowest BCUT2D eigenvalue weighted by Crippen LogP contribution is -2.07. The summed E-state index contributed by atoms with van der Waals surface area (Å²) in [5, 5.41) is 0. The van der Waals surface area contributed by atoms with Crippen molar-refractivity contribution < 1.29 is 4.79 Å². The Bertz CT molecular complexity index is 367. The first kappa shape index (κ1) is 10.5. The highest BCUT2D eigenvalue weighted by Crippen LogP contribution is 2.12. The normalized spacial score (nSPS) is 10.7. The van der Waals surface area contributed by atoms with Crippen molar-refractivity contribution in [3.05, 3.63) is 41.0 Å². The first-order chi connectivity index (χ1) is 6.59. The maximum absolute atomic E-state index is 10.5. The van der Waals surface area contributed by atoms with Gasteiger partial charge in [0, 0.05) is 6.42 Å². The van der Waals surface area contributed by atoms with Crippen LogP contribution in [0.15, 0.2) is 24.3 Å². The maximum atomic E-state index is 10.5. The van der Waals surface area contributed by atoms with Crippen molar-refractivity contribution in [1.82, 2.24) is 0 Å². The Morgan fingerprint density at radius 2 is 2.14 bits per heavy atom. The number of hydrogen-bond donors (Lipinski definition) is 1. The fraction of sp³-hybridized carbons (Fsp3) is 0.250. The molecule has 0 atom stereocenters. The fourth-order valence-corrected chi connectivity index (χ4v) is 1.24. The van der Waals surface area contributed by atoms with Crippen LogP contribution in [-0.4, -0.2) is 5.91 Å². The van der Waals surface area contributed by atoms with Gasteiger partial charge in [0.05, 0.1) is 0 Å². The Morgan fingerprint density at radius 1 is 1.43 bits per heavy atom. The van der Waals surface area contributed by atoms with Crippen molar-refractivity contribution in [1.29, 1.82) is 0 Å². The summed E-state index contributed by atoms with van der Waals surface area (Å²) in [6.07, 6.45) is 4.03. The lowest BCUT2D eigenvalue weighted by atomic mass is 10.1. The average Bonchev–Trinajstić information content (AvgIpc) is 2.10. The zero-order valence-corrected chi connectivity index (χ0v) is 8.58. The molecule has 2 nitrogen and oxygen atoms in total. The maximum Gasteiger partial charge on any atom is 0.221 e. The van der Waals surface area contributed by atoms with Crippen LogP contribution in [0.3, 0.4) is 0 Å². The van der Waals surface area contributed by atoms with E-state index in [9.17, 15) is 4.79 Å². The van der Waals surface area contributed by atoms with Gasteiger partial charge in [0.25, 0.3) is 0 Å². The first-order valence-corrected chi connectivity index (χ1v) is 4.61. The van der Waals surface area contributed by atoms with Crippen LogP contribution in [0.2, 0.25) is 0 Å². The van der Waals surface area contributed by atoms with E-state index in [0.29, 0.717) is 6.42 Å². The molecule has 0 unspecified atom stereocenters. The number of benzene rings is 1. The summed E-state index contributed by atoms with van der Waals surface area (Å²) in [7, 11) is 0. The molecule has 2 heteroatoms. The van der Waals surface area contributed by atoms with Gasteiger partial charge in [0.2, 0.25) is 5.91 Å². The zero-order valence-electron chi connectivity index (χ0n) is 8.58. The summed E-state index contributed by atoms with van der Waals surface area (Å²) in [4.78, 5) is 10.5. The number of amides is 1. The molecule has 0 aromatic heterocycles. The number of hydrogen-bond acceptors (Lipinski definition) is 1. The van der Waals surface area contributed by atoms with Gasteiger partial charge < -0.3 is 5.73 Å². The Labute approximate surface area is 84.4 Å². The SMILES string of the molecule is Cc1ccc(C)c(/C=C/CC(N)=O)c1. The van der Waals surface area contributed by atoms with Gasteiger partial charge in [-0.25, -0.2) is 0 Å².